The highest BCUT2D eigenvalue weighted by Gasteiger charge is 2.50. The highest BCUT2D eigenvalue weighted by molar-refractivity contribution is 5.80. The van der Waals surface area contributed by atoms with Gasteiger partial charge in [-0.25, -0.2) is 0 Å². The van der Waals surface area contributed by atoms with E-state index >= 15 is 0 Å². The van der Waals surface area contributed by atoms with E-state index in [2.05, 4.69) is 15.1 Å². The summed E-state index contributed by atoms with van der Waals surface area (Å²) < 4.78 is 0. The van der Waals surface area contributed by atoms with Gasteiger partial charge in [-0.1, -0.05) is 6.42 Å². The number of hydrogen-bond donors (Lipinski definition) is 1. The number of nitrogens with zero attached hydrogens (tertiary/aromatic N) is 2. The maximum absolute atomic E-state index is 13.2. The van der Waals surface area contributed by atoms with Gasteiger partial charge in [-0.3, -0.25) is 14.5 Å². The smallest absolute Gasteiger partial charge is 0.225 e. The Labute approximate surface area is 157 Å². The van der Waals surface area contributed by atoms with Gasteiger partial charge in [0.05, 0.1) is 0 Å². The summed E-state index contributed by atoms with van der Waals surface area (Å²) in [5.41, 5.74) is 0. The standard InChI is InChI=1S/C21H35N3O2/c1-22-19(25)11-3-10-18-17-9-5-13-23-12-4-8-16(20(17)23)14-24(18)21(26)15-6-2-7-15/h15-18,20H,2-14H2,1H3,(H,22,25)/t16-,17+,18+,20-/m0/s1. The van der Waals surface area contributed by atoms with E-state index in [1.165, 1.54) is 45.2 Å². The topological polar surface area (TPSA) is 52.7 Å². The molecule has 3 aliphatic heterocycles. The van der Waals surface area contributed by atoms with E-state index in [4.69, 9.17) is 0 Å². The first-order valence-corrected chi connectivity index (χ1v) is 10.9. The normalized spacial score (nSPS) is 34.7. The largest absolute Gasteiger partial charge is 0.359 e. The van der Waals surface area contributed by atoms with Crippen LogP contribution in [0.5, 0.6) is 0 Å². The first-order valence-electron chi connectivity index (χ1n) is 10.9. The van der Waals surface area contributed by atoms with Crippen LogP contribution in [0.15, 0.2) is 0 Å². The highest BCUT2D eigenvalue weighted by atomic mass is 16.2. The lowest BCUT2D eigenvalue weighted by Crippen LogP contribution is -2.66. The van der Waals surface area contributed by atoms with E-state index in [0.717, 1.165) is 32.2 Å². The van der Waals surface area contributed by atoms with Gasteiger partial charge in [0.1, 0.15) is 0 Å². The molecule has 0 unspecified atom stereocenters. The van der Waals surface area contributed by atoms with Gasteiger partial charge in [0, 0.05) is 38.0 Å². The van der Waals surface area contributed by atoms with Gasteiger partial charge in [0.25, 0.3) is 0 Å². The van der Waals surface area contributed by atoms with E-state index in [1.54, 1.807) is 7.05 Å². The summed E-state index contributed by atoms with van der Waals surface area (Å²) in [6.07, 6.45) is 11.0. The average molecular weight is 362 g/mol. The van der Waals surface area contributed by atoms with E-state index < -0.39 is 0 Å². The minimum Gasteiger partial charge on any atom is -0.359 e. The molecule has 3 saturated heterocycles. The molecule has 0 aromatic carbocycles. The maximum atomic E-state index is 13.2. The monoisotopic (exact) mass is 361 g/mol. The van der Waals surface area contributed by atoms with Crippen LogP contribution in [0.25, 0.3) is 0 Å². The third-order valence-electron chi connectivity index (χ3n) is 7.59. The Kier molecular flexibility index (Phi) is 5.53. The quantitative estimate of drug-likeness (QED) is 0.818. The van der Waals surface area contributed by atoms with Crippen molar-refractivity contribution in [2.75, 3.05) is 26.7 Å². The summed E-state index contributed by atoms with van der Waals surface area (Å²) in [5, 5.41) is 2.73. The Bertz CT molecular complexity index is 531. The number of rotatable bonds is 5. The predicted molar refractivity (Wildman–Crippen MR) is 102 cm³/mol. The zero-order chi connectivity index (χ0) is 18.1. The third-order valence-corrected chi connectivity index (χ3v) is 7.59. The molecule has 5 nitrogen and oxygen atoms in total. The number of amides is 2. The van der Waals surface area contributed by atoms with E-state index in [0.29, 0.717) is 36.2 Å². The lowest BCUT2D eigenvalue weighted by molar-refractivity contribution is -0.153. The van der Waals surface area contributed by atoms with Crippen molar-refractivity contribution in [1.82, 2.24) is 15.1 Å². The second-order valence-electron chi connectivity index (χ2n) is 8.99. The zero-order valence-corrected chi connectivity index (χ0v) is 16.3. The van der Waals surface area contributed by atoms with E-state index in [1.807, 2.05) is 0 Å². The predicted octanol–water partition coefficient (Wildman–Crippen LogP) is 2.40. The van der Waals surface area contributed by atoms with Crippen LogP contribution in [0, 0.1) is 17.8 Å². The molecule has 4 rings (SSSR count). The fraction of sp³-hybridized carbons (Fsp3) is 0.905. The van der Waals surface area contributed by atoms with E-state index in [-0.39, 0.29) is 11.8 Å². The van der Waals surface area contributed by atoms with Gasteiger partial charge in [-0.15, -0.1) is 0 Å². The molecule has 1 saturated carbocycles. The van der Waals surface area contributed by atoms with Crippen LogP contribution in [-0.4, -0.2) is 60.4 Å². The molecule has 0 radical (unpaired) electrons. The summed E-state index contributed by atoms with van der Waals surface area (Å²) in [6, 6.07) is 1.04. The van der Waals surface area contributed by atoms with E-state index in [9.17, 15) is 9.59 Å². The molecule has 0 aromatic heterocycles. The summed E-state index contributed by atoms with van der Waals surface area (Å²) in [7, 11) is 1.71. The molecule has 2 amide bonds. The van der Waals surface area contributed by atoms with Crippen LogP contribution in [0.2, 0.25) is 0 Å². The Morgan fingerprint density at radius 2 is 1.81 bits per heavy atom. The lowest BCUT2D eigenvalue weighted by atomic mass is 9.68. The first-order chi connectivity index (χ1) is 12.7. The van der Waals surface area contributed by atoms with Crippen molar-refractivity contribution in [3.63, 3.8) is 0 Å². The van der Waals surface area contributed by atoms with Crippen LogP contribution in [-0.2, 0) is 9.59 Å². The van der Waals surface area contributed by atoms with Crippen molar-refractivity contribution < 1.29 is 9.59 Å². The van der Waals surface area contributed by atoms with Crippen molar-refractivity contribution in [2.24, 2.45) is 17.8 Å². The number of hydrogen-bond acceptors (Lipinski definition) is 3. The van der Waals surface area contributed by atoms with Crippen molar-refractivity contribution >= 4 is 11.8 Å². The summed E-state index contributed by atoms with van der Waals surface area (Å²) >= 11 is 0. The van der Waals surface area contributed by atoms with Gasteiger partial charge in [-0.2, -0.15) is 0 Å². The number of likely N-dealkylation sites (tertiary alicyclic amines) is 1. The van der Waals surface area contributed by atoms with Gasteiger partial charge in [0.15, 0.2) is 0 Å². The highest BCUT2D eigenvalue weighted by Crippen LogP contribution is 2.44. The summed E-state index contributed by atoms with van der Waals surface area (Å²) in [5.74, 6) is 2.14. The molecule has 3 heterocycles. The van der Waals surface area contributed by atoms with Gasteiger partial charge < -0.3 is 10.2 Å². The number of carbonyl (C=O) groups is 2. The second-order valence-corrected chi connectivity index (χ2v) is 8.99. The maximum Gasteiger partial charge on any atom is 0.225 e. The Balaban J connectivity index is 1.52. The van der Waals surface area contributed by atoms with Gasteiger partial charge in [-0.05, 0) is 76.3 Å². The van der Waals surface area contributed by atoms with Crippen LogP contribution < -0.4 is 5.32 Å². The molecule has 5 heteroatoms. The Hall–Kier alpha value is -1.10. The fourth-order valence-corrected chi connectivity index (χ4v) is 6.10. The van der Waals surface area contributed by atoms with Crippen molar-refractivity contribution in [1.29, 1.82) is 0 Å². The molecule has 0 bridgehead atoms. The van der Waals surface area contributed by atoms with Crippen LogP contribution >= 0.6 is 0 Å². The molecule has 0 spiro atoms. The lowest BCUT2D eigenvalue weighted by Gasteiger charge is -2.58. The summed E-state index contributed by atoms with van der Waals surface area (Å²) in [4.78, 5) is 29.9. The molecular weight excluding hydrogens is 326 g/mol. The number of carbonyl (C=O) groups excluding carboxylic acids is 2. The van der Waals surface area contributed by atoms with Crippen molar-refractivity contribution in [2.45, 2.75) is 76.3 Å². The molecule has 4 aliphatic rings. The minimum atomic E-state index is 0.124. The van der Waals surface area contributed by atoms with Crippen LogP contribution in [0.3, 0.4) is 0 Å². The van der Waals surface area contributed by atoms with Crippen LogP contribution in [0.4, 0.5) is 0 Å². The molecule has 26 heavy (non-hydrogen) atoms. The second kappa shape index (κ2) is 7.87. The molecule has 1 N–H and O–H groups in total. The molecular formula is C21H35N3O2. The average Bonchev–Trinajstić information content (AvgIpc) is 2.61. The Morgan fingerprint density at radius 3 is 2.50 bits per heavy atom. The first kappa shape index (κ1) is 18.3. The number of nitrogens with one attached hydrogen (secondary N) is 1. The minimum absolute atomic E-state index is 0.124. The Morgan fingerprint density at radius 1 is 1.04 bits per heavy atom. The summed E-state index contributed by atoms with van der Waals surface area (Å²) in [6.45, 7) is 3.47. The molecule has 4 atom stereocenters. The molecule has 0 aromatic rings. The van der Waals surface area contributed by atoms with Gasteiger partial charge in [0.2, 0.25) is 11.8 Å². The third kappa shape index (κ3) is 3.39. The van der Waals surface area contributed by atoms with Crippen molar-refractivity contribution in [3.8, 4) is 0 Å². The SMILES string of the molecule is CNC(=O)CCC[C@@H]1[C@H]2CCCN3CCC[C@@H](CN1C(=O)C1CCC1)[C@@H]23. The van der Waals surface area contributed by atoms with Crippen LogP contribution in [0.1, 0.15) is 64.2 Å². The van der Waals surface area contributed by atoms with Gasteiger partial charge >= 0.3 is 0 Å². The fourth-order valence-electron chi connectivity index (χ4n) is 6.10. The molecule has 1 aliphatic carbocycles. The van der Waals surface area contributed by atoms with Crippen molar-refractivity contribution in [3.05, 3.63) is 0 Å². The number of piperidine rings is 3. The molecule has 4 fully saturated rings. The molecule has 146 valence electrons. The zero-order valence-electron chi connectivity index (χ0n) is 16.3.